The molecule has 0 bridgehead atoms. The maximum Gasteiger partial charge on any atom is 0.390 e. The van der Waals surface area contributed by atoms with Crippen molar-refractivity contribution in [3.63, 3.8) is 0 Å². The van der Waals surface area contributed by atoms with Crippen LogP contribution in [0.4, 0.5) is 13.2 Å². The number of hydrogen-bond donors (Lipinski definition) is 2. The van der Waals surface area contributed by atoms with Gasteiger partial charge in [-0.1, -0.05) is 13.8 Å². The smallest absolute Gasteiger partial charge is 0.390 e. The SMILES string of the molecule is C[C@@H]1C[C@H](C)CC(CNCCC(F)(F)F)(CC(=O)O)C1. The number of alkyl halides is 3. The number of hydrogen-bond acceptors (Lipinski definition) is 2. The normalized spacial score (nSPS) is 31.2. The van der Waals surface area contributed by atoms with E-state index in [0.717, 1.165) is 19.3 Å². The average molecular weight is 295 g/mol. The molecule has 0 heterocycles. The minimum Gasteiger partial charge on any atom is -0.481 e. The first kappa shape index (κ1) is 17.3. The maximum absolute atomic E-state index is 12.1. The Hall–Kier alpha value is -0.780. The molecule has 0 aliphatic heterocycles. The number of halogens is 3. The number of rotatable bonds is 6. The molecule has 1 fully saturated rings. The van der Waals surface area contributed by atoms with Crippen LogP contribution in [-0.2, 0) is 4.79 Å². The van der Waals surface area contributed by atoms with Crippen molar-refractivity contribution < 1.29 is 23.1 Å². The molecule has 0 spiro atoms. The third-order valence-electron chi connectivity index (χ3n) is 3.98. The zero-order chi connectivity index (χ0) is 15.4. The minimum absolute atomic E-state index is 0.0285. The molecule has 118 valence electrons. The summed E-state index contributed by atoms with van der Waals surface area (Å²) in [6, 6.07) is 0. The summed E-state index contributed by atoms with van der Waals surface area (Å²) in [5, 5.41) is 11.9. The molecular formula is C14H24F3NO2. The van der Waals surface area contributed by atoms with E-state index in [1.165, 1.54) is 0 Å². The van der Waals surface area contributed by atoms with Crippen LogP contribution in [0.5, 0.6) is 0 Å². The predicted octanol–water partition coefficient (Wildman–Crippen LogP) is 3.45. The van der Waals surface area contributed by atoms with Crippen LogP contribution in [0.2, 0.25) is 0 Å². The largest absolute Gasteiger partial charge is 0.481 e. The van der Waals surface area contributed by atoms with Crippen molar-refractivity contribution in [2.75, 3.05) is 13.1 Å². The lowest BCUT2D eigenvalue weighted by molar-refractivity contribution is -0.141. The Morgan fingerprint density at radius 3 is 2.30 bits per heavy atom. The number of nitrogens with one attached hydrogen (secondary N) is 1. The summed E-state index contributed by atoms with van der Waals surface area (Å²) in [4.78, 5) is 11.1. The highest BCUT2D eigenvalue weighted by Crippen LogP contribution is 2.44. The fraction of sp³-hybridized carbons (Fsp3) is 0.929. The summed E-state index contributed by atoms with van der Waals surface area (Å²) in [6.07, 6.45) is -2.42. The summed E-state index contributed by atoms with van der Waals surface area (Å²) in [5.41, 5.74) is -0.408. The number of aliphatic carboxylic acids is 1. The first-order valence-corrected chi connectivity index (χ1v) is 7.11. The molecule has 0 aromatic carbocycles. The van der Waals surface area contributed by atoms with Crippen LogP contribution in [0.25, 0.3) is 0 Å². The van der Waals surface area contributed by atoms with Crippen molar-refractivity contribution >= 4 is 5.97 Å². The molecule has 1 aliphatic rings. The highest BCUT2D eigenvalue weighted by molar-refractivity contribution is 5.67. The highest BCUT2D eigenvalue weighted by Gasteiger charge is 2.39. The lowest BCUT2D eigenvalue weighted by atomic mass is 9.64. The Morgan fingerprint density at radius 1 is 1.30 bits per heavy atom. The summed E-state index contributed by atoms with van der Waals surface area (Å²) >= 11 is 0. The van der Waals surface area contributed by atoms with Gasteiger partial charge in [0.15, 0.2) is 0 Å². The van der Waals surface area contributed by atoms with E-state index in [1.807, 2.05) is 0 Å². The van der Waals surface area contributed by atoms with Crippen molar-refractivity contribution in [1.29, 1.82) is 0 Å². The van der Waals surface area contributed by atoms with E-state index in [9.17, 15) is 18.0 Å². The molecule has 1 unspecified atom stereocenters. The molecule has 3 atom stereocenters. The second-order valence-corrected chi connectivity index (χ2v) is 6.47. The third-order valence-corrected chi connectivity index (χ3v) is 3.98. The quantitative estimate of drug-likeness (QED) is 0.738. The Kier molecular flexibility index (Phi) is 5.86. The molecule has 3 nitrogen and oxygen atoms in total. The van der Waals surface area contributed by atoms with Crippen LogP contribution in [0.1, 0.15) is 46.0 Å². The van der Waals surface area contributed by atoms with Crippen molar-refractivity contribution in [3.8, 4) is 0 Å². The highest BCUT2D eigenvalue weighted by atomic mass is 19.4. The van der Waals surface area contributed by atoms with Gasteiger partial charge >= 0.3 is 12.1 Å². The van der Waals surface area contributed by atoms with Gasteiger partial charge in [0.1, 0.15) is 0 Å². The number of carbonyl (C=O) groups is 1. The van der Waals surface area contributed by atoms with Gasteiger partial charge in [0.2, 0.25) is 0 Å². The molecule has 1 aliphatic carbocycles. The maximum atomic E-state index is 12.1. The van der Waals surface area contributed by atoms with Crippen LogP contribution in [0.3, 0.4) is 0 Å². The van der Waals surface area contributed by atoms with E-state index in [0.29, 0.717) is 18.4 Å². The van der Waals surface area contributed by atoms with E-state index in [1.54, 1.807) is 0 Å². The Balaban J connectivity index is 2.57. The molecule has 0 amide bonds. The van der Waals surface area contributed by atoms with Gasteiger partial charge in [-0.15, -0.1) is 0 Å². The van der Waals surface area contributed by atoms with Gasteiger partial charge in [-0.05, 0) is 36.5 Å². The molecule has 0 aromatic heterocycles. The monoisotopic (exact) mass is 295 g/mol. The zero-order valence-electron chi connectivity index (χ0n) is 12.1. The summed E-state index contributed by atoms with van der Waals surface area (Å²) in [7, 11) is 0. The average Bonchev–Trinajstić information content (AvgIpc) is 2.20. The van der Waals surface area contributed by atoms with E-state index >= 15 is 0 Å². The fourth-order valence-corrected chi connectivity index (χ4v) is 3.67. The predicted molar refractivity (Wildman–Crippen MR) is 70.4 cm³/mol. The van der Waals surface area contributed by atoms with Gasteiger partial charge in [-0.25, -0.2) is 0 Å². The van der Waals surface area contributed by atoms with E-state index in [2.05, 4.69) is 19.2 Å². The van der Waals surface area contributed by atoms with Gasteiger partial charge in [0.25, 0.3) is 0 Å². The summed E-state index contributed by atoms with van der Waals surface area (Å²) < 4.78 is 36.4. The van der Waals surface area contributed by atoms with Crippen LogP contribution in [0, 0.1) is 17.3 Å². The zero-order valence-corrected chi connectivity index (χ0v) is 12.1. The third kappa shape index (κ3) is 6.11. The number of carboxylic acid groups (broad SMARTS) is 1. The topological polar surface area (TPSA) is 49.3 Å². The summed E-state index contributed by atoms with van der Waals surface area (Å²) in [5.74, 6) is -0.0334. The minimum atomic E-state index is -4.17. The lowest BCUT2D eigenvalue weighted by Crippen LogP contribution is -2.42. The van der Waals surface area contributed by atoms with Gasteiger partial charge in [0.05, 0.1) is 12.8 Å². The standard InChI is InChI=1S/C14H24F3NO2/c1-10-5-11(2)7-13(6-10,8-12(19)20)9-18-4-3-14(15,16)17/h10-11,18H,3-9H2,1-2H3,(H,19,20)/t10-,11+,13?. The Morgan fingerprint density at radius 2 is 1.85 bits per heavy atom. The van der Waals surface area contributed by atoms with E-state index in [-0.39, 0.29) is 13.0 Å². The van der Waals surface area contributed by atoms with Crippen LogP contribution < -0.4 is 5.32 Å². The van der Waals surface area contributed by atoms with Crippen LogP contribution in [0.15, 0.2) is 0 Å². The fourth-order valence-electron chi connectivity index (χ4n) is 3.67. The Labute approximate surface area is 117 Å². The lowest BCUT2D eigenvalue weighted by Gasteiger charge is -2.42. The molecule has 1 rings (SSSR count). The molecule has 1 saturated carbocycles. The van der Waals surface area contributed by atoms with Crippen molar-refractivity contribution in [1.82, 2.24) is 5.32 Å². The Bertz CT molecular complexity index is 321. The van der Waals surface area contributed by atoms with Gasteiger partial charge in [-0.3, -0.25) is 4.79 Å². The van der Waals surface area contributed by atoms with E-state index < -0.39 is 24.0 Å². The molecule has 0 radical (unpaired) electrons. The first-order valence-electron chi connectivity index (χ1n) is 7.11. The molecule has 0 saturated heterocycles. The van der Waals surface area contributed by atoms with Crippen molar-refractivity contribution in [3.05, 3.63) is 0 Å². The van der Waals surface area contributed by atoms with Crippen LogP contribution in [-0.4, -0.2) is 30.3 Å². The molecule has 2 N–H and O–H groups in total. The number of carboxylic acids is 1. The van der Waals surface area contributed by atoms with Crippen molar-refractivity contribution in [2.45, 2.75) is 52.1 Å². The second kappa shape index (κ2) is 6.78. The molecule has 20 heavy (non-hydrogen) atoms. The van der Waals surface area contributed by atoms with Gasteiger partial charge < -0.3 is 10.4 Å². The summed E-state index contributed by atoms with van der Waals surface area (Å²) in [6.45, 7) is 4.38. The first-order chi connectivity index (χ1) is 9.12. The van der Waals surface area contributed by atoms with E-state index in [4.69, 9.17) is 5.11 Å². The van der Waals surface area contributed by atoms with Crippen LogP contribution >= 0.6 is 0 Å². The second-order valence-electron chi connectivity index (χ2n) is 6.47. The van der Waals surface area contributed by atoms with Gasteiger partial charge in [-0.2, -0.15) is 13.2 Å². The molecule has 0 aromatic rings. The molecular weight excluding hydrogens is 271 g/mol. The molecule has 6 heteroatoms. The van der Waals surface area contributed by atoms with Crippen molar-refractivity contribution in [2.24, 2.45) is 17.3 Å². The van der Waals surface area contributed by atoms with Gasteiger partial charge in [0, 0.05) is 13.1 Å².